The molecule has 0 aliphatic carbocycles. The minimum atomic E-state index is 0.279. The summed E-state index contributed by atoms with van der Waals surface area (Å²) < 4.78 is 1.81. The second-order valence-corrected chi connectivity index (χ2v) is 7.27. The second-order valence-electron chi connectivity index (χ2n) is 6.24. The summed E-state index contributed by atoms with van der Waals surface area (Å²) in [5.74, 6) is 0.279. The topological polar surface area (TPSA) is 75.9 Å². The Hall–Kier alpha value is -2.54. The van der Waals surface area contributed by atoms with Crippen molar-refractivity contribution in [2.45, 2.75) is 33.6 Å². The van der Waals surface area contributed by atoms with E-state index in [1.807, 2.05) is 6.20 Å². The normalized spacial score (nSPS) is 11.9. The molecule has 6 nitrogen and oxygen atoms in total. The Kier molecular flexibility index (Phi) is 3.28. The van der Waals surface area contributed by atoms with Crippen LogP contribution in [0.1, 0.15) is 46.3 Å². The second kappa shape index (κ2) is 5.24. The third-order valence-corrected chi connectivity index (χ3v) is 5.38. The number of aldehydes is 1. The van der Waals surface area contributed by atoms with Crippen molar-refractivity contribution < 1.29 is 4.79 Å². The van der Waals surface area contributed by atoms with Crippen LogP contribution in [0.5, 0.6) is 0 Å². The summed E-state index contributed by atoms with van der Waals surface area (Å²) in [7, 11) is 0. The first-order valence-electron chi connectivity index (χ1n) is 7.78. The lowest BCUT2D eigenvalue weighted by molar-refractivity contribution is 0.112. The molecule has 0 atom stereocenters. The van der Waals surface area contributed by atoms with Gasteiger partial charge in [-0.05, 0) is 30.9 Å². The smallest absolute Gasteiger partial charge is 0.178 e. The molecule has 4 heterocycles. The number of carbonyl (C=O) groups excluding carboxylic acids is 1. The third-order valence-electron chi connectivity index (χ3n) is 4.48. The van der Waals surface area contributed by atoms with Crippen molar-refractivity contribution in [2.24, 2.45) is 0 Å². The molecule has 7 heteroatoms. The van der Waals surface area contributed by atoms with Crippen molar-refractivity contribution in [1.29, 1.82) is 0 Å². The van der Waals surface area contributed by atoms with Gasteiger partial charge in [-0.25, -0.2) is 14.5 Å². The fraction of sp³-hybridized carbons (Fsp3) is 0.294. The van der Waals surface area contributed by atoms with Gasteiger partial charge < -0.3 is 4.98 Å². The molecule has 0 unspecified atom stereocenters. The number of carbonyl (C=O) groups is 1. The number of pyridine rings is 1. The molecule has 0 bridgehead atoms. The zero-order chi connectivity index (χ0) is 17.0. The van der Waals surface area contributed by atoms with Crippen LogP contribution in [0.2, 0.25) is 0 Å². The molecule has 24 heavy (non-hydrogen) atoms. The van der Waals surface area contributed by atoms with Crippen LogP contribution in [-0.2, 0) is 0 Å². The minimum Gasteiger partial charge on any atom is -0.345 e. The summed E-state index contributed by atoms with van der Waals surface area (Å²) >= 11 is 1.39. The third kappa shape index (κ3) is 2.01. The number of rotatable bonds is 3. The van der Waals surface area contributed by atoms with Crippen LogP contribution < -0.4 is 0 Å². The lowest BCUT2D eigenvalue weighted by atomic mass is 9.96. The molecule has 4 aromatic rings. The average Bonchev–Trinajstić information content (AvgIpc) is 3.22. The van der Waals surface area contributed by atoms with Gasteiger partial charge in [-0.1, -0.05) is 25.2 Å². The number of nitrogens with one attached hydrogen (secondary N) is 1. The fourth-order valence-electron chi connectivity index (χ4n) is 3.18. The molecule has 0 spiro atoms. The monoisotopic (exact) mass is 339 g/mol. The fourth-order valence-corrected chi connectivity index (χ4v) is 3.98. The van der Waals surface area contributed by atoms with Gasteiger partial charge in [-0.15, -0.1) is 0 Å². The van der Waals surface area contributed by atoms with E-state index in [0.717, 1.165) is 44.7 Å². The zero-order valence-electron chi connectivity index (χ0n) is 13.9. The van der Waals surface area contributed by atoms with Gasteiger partial charge in [-0.2, -0.15) is 5.10 Å². The van der Waals surface area contributed by atoms with Gasteiger partial charge in [-0.3, -0.25) is 4.79 Å². The number of H-pyrrole nitrogens is 1. The molecule has 122 valence electrons. The molecule has 4 aromatic heterocycles. The number of nitrogens with zero attached hydrogens (tertiary/aromatic N) is 4. The molecule has 1 N–H and O–H groups in total. The van der Waals surface area contributed by atoms with E-state index < -0.39 is 0 Å². The summed E-state index contributed by atoms with van der Waals surface area (Å²) in [6.45, 7) is 8.44. The maximum absolute atomic E-state index is 11.0. The number of aryl methyl sites for hydroxylation is 1. The van der Waals surface area contributed by atoms with Gasteiger partial charge in [0, 0.05) is 17.3 Å². The first-order chi connectivity index (χ1) is 11.5. The van der Waals surface area contributed by atoms with Crippen LogP contribution in [0.3, 0.4) is 0 Å². The molecular weight excluding hydrogens is 322 g/mol. The highest BCUT2D eigenvalue weighted by atomic mass is 32.1. The van der Waals surface area contributed by atoms with Crippen LogP contribution in [0.25, 0.3) is 27.3 Å². The van der Waals surface area contributed by atoms with Crippen molar-refractivity contribution in [2.75, 3.05) is 0 Å². The highest BCUT2D eigenvalue weighted by molar-refractivity contribution is 7.19. The highest BCUT2D eigenvalue weighted by Gasteiger charge is 2.22. The predicted molar refractivity (Wildman–Crippen MR) is 94.9 cm³/mol. The Morgan fingerprint density at radius 3 is 2.79 bits per heavy atom. The first-order valence-corrected chi connectivity index (χ1v) is 8.60. The summed E-state index contributed by atoms with van der Waals surface area (Å²) in [5.41, 5.74) is 7.32. The van der Waals surface area contributed by atoms with Crippen molar-refractivity contribution in [1.82, 2.24) is 24.6 Å². The van der Waals surface area contributed by atoms with Crippen LogP contribution in [-0.4, -0.2) is 30.9 Å². The molecule has 0 amide bonds. The maximum Gasteiger partial charge on any atom is 0.178 e. The van der Waals surface area contributed by atoms with Gasteiger partial charge in [0.15, 0.2) is 16.9 Å². The molecule has 0 radical (unpaired) electrons. The molecule has 4 rings (SSSR count). The van der Waals surface area contributed by atoms with Gasteiger partial charge in [0.2, 0.25) is 0 Å². The van der Waals surface area contributed by atoms with E-state index in [2.05, 4.69) is 47.7 Å². The van der Waals surface area contributed by atoms with E-state index in [-0.39, 0.29) is 5.92 Å². The Labute approximate surface area is 142 Å². The van der Waals surface area contributed by atoms with Crippen LogP contribution in [0.15, 0.2) is 12.5 Å². The van der Waals surface area contributed by atoms with E-state index in [1.165, 1.54) is 16.9 Å². The van der Waals surface area contributed by atoms with Crippen molar-refractivity contribution >= 4 is 33.6 Å². The average molecular weight is 339 g/mol. The highest BCUT2D eigenvalue weighted by Crippen LogP contribution is 2.39. The number of aromatic amines is 1. The predicted octanol–water partition coefficient (Wildman–Crippen LogP) is 3.89. The SMILES string of the molecule is Cc1c(-c2[nH]c3sc(C=O)nc3c2C(C)C)cn2ncnc2c1C. The summed E-state index contributed by atoms with van der Waals surface area (Å²) in [6.07, 6.45) is 4.38. The van der Waals surface area contributed by atoms with Crippen molar-refractivity contribution in [3.8, 4) is 11.3 Å². The lowest BCUT2D eigenvalue weighted by Gasteiger charge is -2.13. The number of thiazole rings is 1. The van der Waals surface area contributed by atoms with E-state index >= 15 is 0 Å². The Morgan fingerprint density at radius 1 is 1.29 bits per heavy atom. The van der Waals surface area contributed by atoms with E-state index in [0.29, 0.717) is 5.01 Å². The zero-order valence-corrected chi connectivity index (χ0v) is 14.7. The Bertz CT molecular complexity index is 1090. The van der Waals surface area contributed by atoms with Crippen LogP contribution in [0.4, 0.5) is 0 Å². The first kappa shape index (κ1) is 15.0. The van der Waals surface area contributed by atoms with Crippen LogP contribution >= 0.6 is 11.3 Å². The molecule has 0 aliphatic heterocycles. The van der Waals surface area contributed by atoms with Crippen molar-refractivity contribution in [3.05, 3.63) is 34.2 Å². The van der Waals surface area contributed by atoms with Gasteiger partial charge in [0.1, 0.15) is 16.7 Å². The number of hydrogen-bond donors (Lipinski definition) is 1. The van der Waals surface area contributed by atoms with E-state index in [9.17, 15) is 4.79 Å². The number of hydrogen-bond acceptors (Lipinski definition) is 5. The minimum absolute atomic E-state index is 0.279. The Balaban J connectivity index is 2.06. The molecule has 0 fully saturated rings. The van der Waals surface area contributed by atoms with Gasteiger partial charge in [0.05, 0.1) is 5.69 Å². The summed E-state index contributed by atoms with van der Waals surface area (Å²) in [5, 5.41) is 4.79. The van der Waals surface area contributed by atoms with Gasteiger partial charge >= 0.3 is 0 Å². The standard InChI is InChI=1S/C17H17N5OS/c1-8(2)13-14(21-17-15(13)20-12(6-23)24-17)11-5-22-16(18-7-19-22)10(4)9(11)3/h5-8,21H,1-4H3. The molecular formula is C17H17N5OS. The quantitative estimate of drug-likeness (QED) is 0.575. The summed E-state index contributed by atoms with van der Waals surface area (Å²) in [4.78, 5) is 24.3. The Morgan fingerprint density at radius 2 is 2.08 bits per heavy atom. The summed E-state index contributed by atoms with van der Waals surface area (Å²) in [6, 6.07) is 0. The van der Waals surface area contributed by atoms with E-state index in [4.69, 9.17) is 0 Å². The largest absolute Gasteiger partial charge is 0.345 e. The number of aromatic nitrogens is 5. The maximum atomic E-state index is 11.0. The van der Waals surface area contributed by atoms with Crippen molar-refractivity contribution in [3.63, 3.8) is 0 Å². The molecule has 0 saturated carbocycles. The molecule has 0 aliphatic rings. The lowest BCUT2D eigenvalue weighted by Crippen LogP contribution is -1.99. The number of fused-ring (bicyclic) bond motifs is 2. The van der Waals surface area contributed by atoms with E-state index in [1.54, 1.807) is 10.8 Å². The van der Waals surface area contributed by atoms with Crippen LogP contribution in [0, 0.1) is 13.8 Å². The molecule has 0 saturated heterocycles. The van der Waals surface area contributed by atoms with Gasteiger partial charge in [0.25, 0.3) is 0 Å². The molecule has 0 aromatic carbocycles.